The van der Waals surface area contributed by atoms with Gasteiger partial charge in [-0.1, -0.05) is 12.1 Å². The standard InChI is InChI=1S/C14H21N5O/c1-11-6-7-12(10-13(11)15)14-16-17-18-19(14)8-4-3-5-9-20-2/h6-7,10H,3-5,8-9,15H2,1-2H3. The molecule has 108 valence electrons. The van der Waals surface area contributed by atoms with E-state index in [0.29, 0.717) is 0 Å². The van der Waals surface area contributed by atoms with E-state index in [1.165, 1.54) is 0 Å². The Hall–Kier alpha value is -1.95. The molecule has 0 radical (unpaired) electrons. The molecule has 6 nitrogen and oxygen atoms in total. The van der Waals surface area contributed by atoms with Gasteiger partial charge in [0, 0.05) is 31.5 Å². The van der Waals surface area contributed by atoms with Crippen LogP contribution in [0.1, 0.15) is 24.8 Å². The molecule has 0 fully saturated rings. The van der Waals surface area contributed by atoms with Gasteiger partial charge in [-0.3, -0.25) is 0 Å². The highest BCUT2D eigenvalue weighted by Gasteiger charge is 2.09. The van der Waals surface area contributed by atoms with E-state index >= 15 is 0 Å². The Labute approximate surface area is 118 Å². The molecule has 2 N–H and O–H groups in total. The number of hydrogen-bond donors (Lipinski definition) is 1. The Balaban J connectivity index is 2.02. The molecule has 2 rings (SSSR count). The van der Waals surface area contributed by atoms with Crippen molar-refractivity contribution in [2.24, 2.45) is 0 Å². The van der Waals surface area contributed by atoms with Crippen LogP contribution in [-0.4, -0.2) is 33.9 Å². The normalized spacial score (nSPS) is 10.9. The highest BCUT2D eigenvalue weighted by Crippen LogP contribution is 2.21. The molecule has 6 heteroatoms. The van der Waals surface area contributed by atoms with Gasteiger partial charge in [0.2, 0.25) is 0 Å². The second-order valence-electron chi connectivity index (χ2n) is 4.85. The summed E-state index contributed by atoms with van der Waals surface area (Å²) in [6, 6.07) is 5.91. The van der Waals surface area contributed by atoms with Gasteiger partial charge in [-0.05, 0) is 48.2 Å². The Morgan fingerprint density at radius 2 is 2.10 bits per heavy atom. The minimum Gasteiger partial charge on any atom is -0.398 e. The van der Waals surface area contributed by atoms with E-state index in [-0.39, 0.29) is 0 Å². The lowest BCUT2D eigenvalue weighted by Gasteiger charge is -2.06. The van der Waals surface area contributed by atoms with E-state index in [2.05, 4.69) is 15.5 Å². The van der Waals surface area contributed by atoms with Crippen LogP contribution in [0.25, 0.3) is 11.4 Å². The predicted molar refractivity (Wildman–Crippen MR) is 78.1 cm³/mol. The number of aryl methyl sites for hydroxylation is 2. The van der Waals surface area contributed by atoms with Crippen molar-refractivity contribution in [3.05, 3.63) is 23.8 Å². The SMILES string of the molecule is COCCCCCn1nnnc1-c1ccc(C)c(N)c1. The summed E-state index contributed by atoms with van der Waals surface area (Å²) in [4.78, 5) is 0. The van der Waals surface area contributed by atoms with Crippen molar-refractivity contribution in [2.45, 2.75) is 32.7 Å². The van der Waals surface area contributed by atoms with Gasteiger partial charge < -0.3 is 10.5 Å². The summed E-state index contributed by atoms with van der Waals surface area (Å²) in [7, 11) is 1.72. The molecule has 0 aliphatic heterocycles. The van der Waals surface area contributed by atoms with E-state index in [0.717, 1.165) is 55.1 Å². The van der Waals surface area contributed by atoms with Crippen LogP contribution in [0.5, 0.6) is 0 Å². The quantitative estimate of drug-likeness (QED) is 0.618. The van der Waals surface area contributed by atoms with E-state index in [9.17, 15) is 0 Å². The van der Waals surface area contributed by atoms with E-state index in [4.69, 9.17) is 10.5 Å². The number of nitrogens with zero attached hydrogens (tertiary/aromatic N) is 4. The maximum absolute atomic E-state index is 5.94. The molecule has 1 heterocycles. The number of anilines is 1. The lowest BCUT2D eigenvalue weighted by Crippen LogP contribution is -2.04. The van der Waals surface area contributed by atoms with Crippen LogP contribution in [0.3, 0.4) is 0 Å². The zero-order valence-electron chi connectivity index (χ0n) is 12.0. The lowest BCUT2D eigenvalue weighted by molar-refractivity contribution is 0.191. The van der Waals surface area contributed by atoms with Gasteiger partial charge in [-0.2, -0.15) is 0 Å². The third-order valence-electron chi connectivity index (χ3n) is 3.29. The molecular weight excluding hydrogens is 254 g/mol. The average Bonchev–Trinajstić information content (AvgIpc) is 2.90. The molecular formula is C14H21N5O. The Bertz CT molecular complexity index is 552. The molecule has 0 bridgehead atoms. The van der Waals surface area contributed by atoms with Crippen LogP contribution in [0.4, 0.5) is 5.69 Å². The summed E-state index contributed by atoms with van der Waals surface area (Å²) in [5.74, 6) is 0.767. The van der Waals surface area contributed by atoms with Crippen LogP contribution in [-0.2, 0) is 11.3 Å². The van der Waals surface area contributed by atoms with Crippen LogP contribution >= 0.6 is 0 Å². The minimum absolute atomic E-state index is 0.761. The fraction of sp³-hybridized carbons (Fsp3) is 0.500. The Morgan fingerprint density at radius 1 is 1.25 bits per heavy atom. The van der Waals surface area contributed by atoms with Crippen molar-refractivity contribution in [3.63, 3.8) is 0 Å². The number of nitrogens with two attached hydrogens (primary N) is 1. The Kier molecular flexibility index (Phi) is 5.06. The van der Waals surface area contributed by atoms with E-state index in [1.54, 1.807) is 7.11 Å². The number of methoxy groups -OCH3 is 1. The highest BCUT2D eigenvalue weighted by atomic mass is 16.5. The van der Waals surface area contributed by atoms with Gasteiger partial charge in [0.1, 0.15) is 0 Å². The van der Waals surface area contributed by atoms with E-state index < -0.39 is 0 Å². The molecule has 0 saturated heterocycles. The maximum Gasteiger partial charge on any atom is 0.182 e. The second-order valence-corrected chi connectivity index (χ2v) is 4.85. The molecule has 0 unspecified atom stereocenters. The third kappa shape index (κ3) is 3.54. The molecule has 0 saturated carbocycles. The molecule has 0 spiro atoms. The van der Waals surface area contributed by atoms with Gasteiger partial charge in [0.05, 0.1) is 0 Å². The molecule has 2 aromatic rings. The summed E-state index contributed by atoms with van der Waals surface area (Å²) in [5.41, 5.74) is 8.72. The lowest BCUT2D eigenvalue weighted by atomic mass is 10.1. The van der Waals surface area contributed by atoms with Crippen molar-refractivity contribution in [1.29, 1.82) is 0 Å². The zero-order chi connectivity index (χ0) is 14.4. The molecule has 0 aliphatic rings. The monoisotopic (exact) mass is 275 g/mol. The van der Waals surface area contributed by atoms with E-state index in [1.807, 2.05) is 29.8 Å². The van der Waals surface area contributed by atoms with Gasteiger partial charge >= 0.3 is 0 Å². The largest absolute Gasteiger partial charge is 0.398 e. The molecule has 1 aromatic heterocycles. The number of tetrazole rings is 1. The van der Waals surface area contributed by atoms with Crippen molar-refractivity contribution < 1.29 is 4.74 Å². The topological polar surface area (TPSA) is 78.8 Å². The van der Waals surface area contributed by atoms with Crippen LogP contribution in [0.15, 0.2) is 18.2 Å². The molecule has 1 aromatic carbocycles. The molecule has 0 atom stereocenters. The van der Waals surface area contributed by atoms with Crippen molar-refractivity contribution in [2.75, 3.05) is 19.5 Å². The number of hydrogen-bond acceptors (Lipinski definition) is 5. The number of unbranched alkanes of at least 4 members (excludes halogenated alkanes) is 2. The number of nitrogen functional groups attached to an aromatic ring is 1. The predicted octanol–water partition coefficient (Wildman–Crippen LogP) is 2.05. The van der Waals surface area contributed by atoms with Crippen LogP contribution in [0, 0.1) is 6.92 Å². The van der Waals surface area contributed by atoms with Gasteiger partial charge in [0.25, 0.3) is 0 Å². The summed E-state index contributed by atoms with van der Waals surface area (Å²) >= 11 is 0. The first-order valence-electron chi connectivity index (χ1n) is 6.84. The summed E-state index contributed by atoms with van der Waals surface area (Å²) in [6.07, 6.45) is 3.19. The zero-order valence-corrected chi connectivity index (χ0v) is 12.0. The number of aromatic nitrogens is 4. The highest BCUT2D eigenvalue weighted by molar-refractivity contribution is 5.63. The van der Waals surface area contributed by atoms with Crippen LogP contribution in [0.2, 0.25) is 0 Å². The van der Waals surface area contributed by atoms with Crippen LogP contribution < -0.4 is 5.73 Å². The third-order valence-corrected chi connectivity index (χ3v) is 3.29. The fourth-order valence-electron chi connectivity index (χ4n) is 2.03. The first-order chi connectivity index (χ1) is 9.72. The summed E-state index contributed by atoms with van der Waals surface area (Å²) < 4.78 is 6.87. The number of ether oxygens (including phenoxy) is 1. The van der Waals surface area contributed by atoms with Gasteiger partial charge in [-0.25, -0.2) is 4.68 Å². The number of rotatable bonds is 7. The molecule has 0 amide bonds. The first-order valence-corrected chi connectivity index (χ1v) is 6.84. The summed E-state index contributed by atoms with van der Waals surface area (Å²) in [6.45, 7) is 3.59. The van der Waals surface area contributed by atoms with Crippen molar-refractivity contribution in [1.82, 2.24) is 20.2 Å². The molecule has 20 heavy (non-hydrogen) atoms. The van der Waals surface area contributed by atoms with Crippen molar-refractivity contribution in [3.8, 4) is 11.4 Å². The van der Waals surface area contributed by atoms with Crippen molar-refractivity contribution >= 4 is 5.69 Å². The van der Waals surface area contributed by atoms with Gasteiger partial charge in [0.15, 0.2) is 5.82 Å². The Morgan fingerprint density at radius 3 is 2.85 bits per heavy atom. The average molecular weight is 275 g/mol. The maximum atomic E-state index is 5.94. The number of benzene rings is 1. The minimum atomic E-state index is 0.761. The smallest absolute Gasteiger partial charge is 0.182 e. The first kappa shape index (κ1) is 14.5. The molecule has 0 aliphatic carbocycles. The second kappa shape index (κ2) is 7.00. The fourth-order valence-corrected chi connectivity index (χ4v) is 2.03. The summed E-state index contributed by atoms with van der Waals surface area (Å²) in [5, 5.41) is 11.9. The van der Waals surface area contributed by atoms with Gasteiger partial charge in [-0.15, -0.1) is 5.10 Å².